The molecule has 0 amide bonds. The van der Waals surface area contributed by atoms with Gasteiger partial charge < -0.3 is 0 Å². The third-order valence-corrected chi connectivity index (χ3v) is 2.09. The van der Waals surface area contributed by atoms with Crippen molar-refractivity contribution in [2.45, 2.75) is 26.8 Å². The Labute approximate surface area is 60.8 Å². The van der Waals surface area contributed by atoms with E-state index in [2.05, 4.69) is 0 Å². The fourth-order valence-electron chi connectivity index (χ4n) is 0.958. The largest absolute Gasteiger partial charge is 0.212 e. The Balaban J connectivity index is 2.88. The van der Waals surface area contributed by atoms with Crippen molar-refractivity contribution in [3.05, 3.63) is 23.4 Å². The van der Waals surface area contributed by atoms with Crippen LogP contribution >= 0.6 is 0 Å². The summed E-state index contributed by atoms with van der Waals surface area (Å²) in [6.45, 7) is 5.80. The van der Waals surface area contributed by atoms with E-state index < -0.39 is 0 Å². The van der Waals surface area contributed by atoms with Gasteiger partial charge in [-0.15, -0.1) is 0 Å². The van der Waals surface area contributed by atoms with Crippen LogP contribution in [0.15, 0.2) is 23.4 Å². The van der Waals surface area contributed by atoms with Crippen LogP contribution in [0.2, 0.25) is 0 Å². The standard InChI is InChI=1S/C8H12FN/c1-6-4-5-10(9)8(3)7(6)2/h4-5,8H,1-3H3. The van der Waals surface area contributed by atoms with Crippen LogP contribution in [0.3, 0.4) is 0 Å². The smallest absolute Gasteiger partial charge is 0.0792 e. The predicted molar refractivity (Wildman–Crippen MR) is 39.9 cm³/mol. The maximum atomic E-state index is 12.7. The zero-order valence-electron chi connectivity index (χ0n) is 6.56. The van der Waals surface area contributed by atoms with E-state index in [0.717, 1.165) is 10.7 Å². The first kappa shape index (κ1) is 7.32. The second kappa shape index (κ2) is 2.45. The van der Waals surface area contributed by atoms with Gasteiger partial charge in [0.15, 0.2) is 0 Å². The Morgan fingerprint density at radius 3 is 2.60 bits per heavy atom. The third-order valence-electron chi connectivity index (χ3n) is 2.09. The number of nitrogens with zero attached hydrogens (tertiary/aromatic N) is 1. The maximum absolute atomic E-state index is 12.7. The first-order valence-corrected chi connectivity index (χ1v) is 3.42. The van der Waals surface area contributed by atoms with E-state index in [0.29, 0.717) is 0 Å². The first-order valence-electron chi connectivity index (χ1n) is 3.42. The fraction of sp³-hybridized carbons (Fsp3) is 0.500. The van der Waals surface area contributed by atoms with Crippen LogP contribution in [0.4, 0.5) is 4.48 Å². The van der Waals surface area contributed by atoms with E-state index in [1.807, 2.05) is 20.8 Å². The minimum Gasteiger partial charge on any atom is -0.212 e. The highest BCUT2D eigenvalue weighted by molar-refractivity contribution is 5.28. The summed E-state index contributed by atoms with van der Waals surface area (Å²) in [5, 5.41) is 0.725. The Morgan fingerprint density at radius 1 is 1.50 bits per heavy atom. The maximum Gasteiger partial charge on any atom is 0.0792 e. The second-order valence-electron chi connectivity index (χ2n) is 2.70. The molecule has 10 heavy (non-hydrogen) atoms. The summed E-state index contributed by atoms with van der Waals surface area (Å²) in [4.78, 5) is 0. The number of halogens is 1. The Morgan fingerprint density at radius 2 is 2.10 bits per heavy atom. The molecule has 0 saturated carbocycles. The lowest BCUT2D eigenvalue weighted by Crippen LogP contribution is -2.24. The number of hydrogen-bond donors (Lipinski definition) is 0. The SMILES string of the molecule is CC1=C(C)C(C)N(F)C=C1. The fourth-order valence-corrected chi connectivity index (χ4v) is 0.958. The Bertz CT molecular complexity index is 193. The molecule has 2 heteroatoms. The van der Waals surface area contributed by atoms with Crippen molar-refractivity contribution in [1.29, 1.82) is 0 Å². The van der Waals surface area contributed by atoms with Gasteiger partial charge in [0.2, 0.25) is 0 Å². The van der Waals surface area contributed by atoms with Crippen LogP contribution in [-0.4, -0.2) is 11.2 Å². The van der Waals surface area contributed by atoms with E-state index in [9.17, 15) is 4.48 Å². The lowest BCUT2D eigenvalue weighted by Gasteiger charge is -2.23. The highest BCUT2D eigenvalue weighted by atomic mass is 19.2. The van der Waals surface area contributed by atoms with E-state index in [1.165, 1.54) is 11.8 Å². The molecule has 0 saturated heterocycles. The molecule has 0 bridgehead atoms. The van der Waals surface area contributed by atoms with Gasteiger partial charge in [-0.3, -0.25) is 0 Å². The average molecular weight is 141 g/mol. The van der Waals surface area contributed by atoms with Gasteiger partial charge in [0.25, 0.3) is 0 Å². The third kappa shape index (κ3) is 1.06. The van der Waals surface area contributed by atoms with Gasteiger partial charge in [0.05, 0.1) is 6.04 Å². The van der Waals surface area contributed by atoms with Gasteiger partial charge in [0, 0.05) is 6.20 Å². The highest BCUT2D eigenvalue weighted by Crippen LogP contribution is 2.20. The van der Waals surface area contributed by atoms with Gasteiger partial charge in [-0.05, 0) is 38.0 Å². The minimum atomic E-state index is -0.0926. The second-order valence-corrected chi connectivity index (χ2v) is 2.70. The Kier molecular flexibility index (Phi) is 1.79. The molecule has 0 N–H and O–H groups in total. The van der Waals surface area contributed by atoms with Crippen LogP contribution < -0.4 is 0 Å². The lowest BCUT2D eigenvalue weighted by molar-refractivity contribution is 0.0575. The summed E-state index contributed by atoms with van der Waals surface area (Å²) < 4.78 is 12.7. The van der Waals surface area contributed by atoms with Crippen LogP contribution in [0.25, 0.3) is 0 Å². The molecule has 1 aliphatic rings. The molecule has 0 spiro atoms. The van der Waals surface area contributed by atoms with E-state index in [-0.39, 0.29) is 6.04 Å². The molecule has 1 atom stereocenters. The van der Waals surface area contributed by atoms with Crippen molar-refractivity contribution in [2.75, 3.05) is 0 Å². The van der Waals surface area contributed by atoms with Crippen LogP contribution in [0, 0.1) is 0 Å². The lowest BCUT2D eigenvalue weighted by atomic mass is 10.0. The summed E-state index contributed by atoms with van der Waals surface area (Å²) in [6, 6.07) is -0.0926. The summed E-state index contributed by atoms with van der Waals surface area (Å²) in [7, 11) is 0. The molecule has 0 radical (unpaired) electrons. The van der Waals surface area contributed by atoms with Gasteiger partial charge in [0.1, 0.15) is 0 Å². The van der Waals surface area contributed by atoms with Crippen molar-refractivity contribution in [3.8, 4) is 0 Å². The molecule has 56 valence electrons. The average Bonchev–Trinajstić information content (AvgIpc) is 1.93. The zero-order valence-corrected chi connectivity index (χ0v) is 6.56. The van der Waals surface area contributed by atoms with Gasteiger partial charge >= 0.3 is 0 Å². The monoisotopic (exact) mass is 141 g/mol. The van der Waals surface area contributed by atoms with Crippen molar-refractivity contribution in [1.82, 2.24) is 5.12 Å². The Hall–Kier alpha value is -0.790. The van der Waals surface area contributed by atoms with Crippen molar-refractivity contribution in [3.63, 3.8) is 0 Å². The van der Waals surface area contributed by atoms with E-state index in [1.54, 1.807) is 6.08 Å². The molecule has 1 nitrogen and oxygen atoms in total. The molecule has 0 aromatic heterocycles. The zero-order chi connectivity index (χ0) is 7.72. The molecule has 1 heterocycles. The topological polar surface area (TPSA) is 3.24 Å². The number of rotatable bonds is 0. The minimum absolute atomic E-state index is 0.0926. The summed E-state index contributed by atoms with van der Waals surface area (Å²) in [6.07, 6.45) is 3.25. The summed E-state index contributed by atoms with van der Waals surface area (Å²) in [5.74, 6) is 0. The molecular formula is C8H12FN. The molecule has 1 rings (SSSR count). The van der Waals surface area contributed by atoms with Crippen molar-refractivity contribution >= 4 is 0 Å². The highest BCUT2D eigenvalue weighted by Gasteiger charge is 2.15. The van der Waals surface area contributed by atoms with Crippen molar-refractivity contribution < 1.29 is 4.48 Å². The van der Waals surface area contributed by atoms with E-state index >= 15 is 0 Å². The van der Waals surface area contributed by atoms with Gasteiger partial charge in [-0.1, -0.05) is 4.48 Å². The number of allylic oxidation sites excluding steroid dienone is 2. The van der Waals surface area contributed by atoms with Crippen LogP contribution in [-0.2, 0) is 0 Å². The molecule has 1 aliphatic heterocycles. The summed E-state index contributed by atoms with van der Waals surface area (Å²) in [5.41, 5.74) is 2.27. The molecule has 1 unspecified atom stereocenters. The predicted octanol–water partition coefficient (Wildman–Crippen LogP) is 2.43. The molecule has 0 fully saturated rings. The molecule has 0 aromatic rings. The first-order chi connectivity index (χ1) is 4.63. The van der Waals surface area contributed by atoms with Gasteiger partial charge in [-0.25, -0.2) is 5.12 Å². The summed E-state index contributed by atoms with van der Waals surface area (Å²) >= 11 is 0. The normalized spacial score (nSPS) is 26.0. The molecule has 0 aliphatic carbocycles. The van der Waals surface area contributed by atoms with E-state index in [4.69, 9.17) is 0 Å². The quantitative estimate of drug-likeness (QED) is 0.468. The van der Waals surface area contributed by atoms with Gasteiger partial charge in [-0.2, -0.15) is 0 Å². The molecule has 0 aromatic carbocycles. The number of hydrogen-bond acceptors (Lipinski definition) is 1. The van der Waals surface area contributed by atoms with Crippen molar-refractivity contribution in [2.24, 2.45) is 0 Å². The van der Waals surface area contributed by atoms with Crippen LogP contribution in [0.5, 0.6) is 0 Å². The van der Waals surface area contributed by atoms with Crippen LogP contribution in [0.1, 0.15) is 20.8 Å². The molecular weight excluding hydrogens is 129 g/mol.